The van der Waals surface area contributed by atoms with Crippen LogP contribution in [0.1, 0.15) is 45.4 Å². The van der Waals surface area contributed by atoms with Crippen LogP contribution in [-0.2, 0) is 4.79 Å². The molecule has 1 unspecified atom stereocenters. The zero-order valence-electron chi connectivity index (χ0n) is 11.0. The standard InChI is InChI=1S/C13H26N2O2/c1-2-3-4-9-15-10-5-6-12(11-15)14-8-7-13(16)17/h12,14H,2-11H2,1H3,(H,16,17). The molecule has 2 N–H and O–H groups in total. The number of carbonyl (C=O) groups is 1. The maximum absolute atomic E-state index is 10.4. The van der Waals surface area contributed by atoms with E-state index in [1.807, 2.05) is 0 Å². The number of aliphatic carboxylic acids is 1. The second-order valence-electron chi connectivity index (χ2n) is 4.94. The van der Waals surface area contributed by atoms with Crippen LogP contribution in [0.3, 0.4) is 0 Å². The van der Waals surface area contributed by atoms with Crippen molar-refractivity contribution in [3.63, 3.8) is 0 Å². The second kappa shape index (κ2) is 8.48. The Kier molecular flexibility index (Phi) is 7.21. The summed E-state index contributed by atoms with van der Waals surface area (Å²) < 4.78 is 0. The number of hydrogen-bond acceptors (Lipinski definition) is 3. The number of unbranched alkanes of at least 4 members (excludes halogenated alkanes) is 2. The van der Waals surface area contributed by atoms with Crippen molar-refractivity contribution in [2.75, 3.05) is 26.2 Å². The Balaban J connectivity index is 2.12. The van der Waals surface area contributed by atoms with Crippen molar-refractivity contribution in [3.8, 4) is 0 Å². The van der Waals surface area contributed by atoms with Crippen LogP contribution in [0, 0.1) is 0 Å². The first-order chi connectivity index (χ1) is 8.22. The lowest BCUT2D eigenvalue weighted by atomic mass is 10.1. The van der Waals surface area contributed by atoms with E-state index in [9.17, 15) is 4.79 Å². The molecule has 0 aromatic rings. The minimum Gasteiger partial charge on any atom is -0.481 e. The molecule has 1 aliphatic heterocycles. The predicted octanol–water partition coefficient (Wildman–Crippen LogP) is 1.71. The molecular weight excluding hydrogens is 216 g/mol. The third-order valence-corrected chi connectivity index (χ3v) is 3.36. The number of nitrogens with zero attached hydrogens (tertiary/aromatic N) is 1. The molecule has 100 valence electrons. The first-order valence-electron chi connectivity index (χ1n) is 6.90. The third kappa shape index (κ3) is 6.64. The van der Waals surface area contributed by atoms with Crippen molar-refractivity contribution in [2.24, 2.45) is 0 Å². The van der Waals surface area contributed by atoms with Crippen LogP contribution in [0.4, 0.5) is 0 Å². The molecule has 1 rings (SSSR count). The maximum Gasteiger partial charge on any atom is 0.304 e. The fourth-order valence-corrected chi connectivity index (χ4v) is 2.39. The quantitative estimate of drug-likeness (QED) is 0.636. The van der Waals surface area contributed by atoms with Gasteiger partial charge in [0.05, 0.1) is 6.42 Å². The van der Waals surface area contributed by atoms with Crippen LogP contribution in [0.15, 0.2) is 0 Å². The van der Waals surface area contributed by atoms with Gasteiger partial charge in [0.15, 0.2) is 0 Å². The summed E-state index contributed by atoms with van der Waals surface area (Å²) in [6.45, 7) is 6.32. The van der Waals surface area contributed by atoms with Gasteiger partial charge < -0.3 is 15.3 Å². The van der Waals surface area contributed by atoms with E-state index < -0.39 is 5.97 Å². The van der Waals surface area contributed by atoms with Crippen molar-refractivity contribution >= 4 is 5.97 Å². The molecule has 4 nitrogen and oxygen atoms in total. The van der Waals surface area contributed by atoms with Gasteiger partial charge in [-0.2, -0.15) is 0 Å². The highest BCUT2D eigenvalue weighted by molar-refractivity contribution is 5.66. The van der Waals surface area contributed by atoms with E-state index >= 15 is 0 Å². The highest BCUT2D eigenvalue weighted by atomic mass is 16.4. The molecule has 0 aromatic carbocycles. The Hall–Kier alpha value is -0.610. The van der Waals surface area contributed by atoms with Crippen LogP contribution < -0.4 is 5.32 Å². The lowest BCUT2D eigenvalue weighted by Crippen LogP contribution is -2.46. The van der Waals surface area contributed by atoms with Crippen molar-refractivity contribution in [1.29, 1.82) is 0 Å². The Morgan fingerprint density at radius 2 is 2.29 bits per heavy atom. The summed E-state index contributed by atoms with van der Waals surface area (Å²) >= 11 is 0. The van der Waals surface area contributed by atoms with Crippen LogP contribution in [0.5, 0.6) is 0 Å². The average molecular weight is 242 g/mol. The summed E-state index contributed by atoms with van der Waals surface area (Å²) in [5.74, 6) is -0.715. The van der Waals surface area contributed by atoms with Gasteiger partial charge in [-0.25, -0.2) is 0 Å². The minimum atomic E-state index is -0.715. The van der Waals surface area contributed by atoms with Gasteiger partial charge in [-0.3, -0.25) is 4.79 Å². The Morgan fingerprint density at radius 3 is 3.00 bits per heavy atom. The molecule has 0 radical (unpaired) electrons. The highest BCUT2D eigenvalue weighted by Crippen LogP contribution is 2.11. The van der Waals surface area contributed by atoms with E-state index in [1.54, 1.807) is 0 Å². The number of nitrogens with one attached hydrogen (secondary N) is 1. The van der Waals surface area contributed by atoms with E-state index in [1.165, 1.54) is 45.2 Å². The maximum atomic E-state index is 10.4. The SMILES string of the molecule is CCCCCN1CCCC(NCCC(=O)O)C1. The molecule has 0 aliphatic carbocycles. The normalized spacial score (nSPS) is 21.6. The van der Waals surface area contributed by atoms with Gasteiger partial charge in [0, 0.05) is 19.1 Å². The topological polar surface area (TPSA) is 52.6 Å². The lowest BCUT2D eigenvalue weighted by Gasteiger charge is -2.33. The summed E-state index contributed by atoms with van der Waals surface area (Å²) in [6.07, 6.45) is 6.52. The molecule has 1 heterocycles. The lowest BCUT2D eigenvalue weighted by molar-refractivity contribution is -0.136. The zero-order chi connectivity index (χ0) is 12.5. The number of likely N-dealkylation sites (tertiary alicyclic amines) is 1. The fourth-order valence-electron chi connectivity index (χ4n) is 2.39. The van der Waals surface area contributed by atoms with E-state index in [2.05, 4.69) is 17.1 Å². The molecule has 0 bridgehead atoms. The Morgan fingerprint density at radius 1 is 1.47 bits per heavy atom. The molecule has 0 aromatic heterocycles. The number of piperidine rings is 1. The average Bonchev–Trinajstić information content (AvgIpc) is 2.29. The molecule has 4 heteroatoms. The van der Waals surface area contributed by atoms with Crippen LogP contribution in [0.2, 0.25) is 0 Å². The second-order valence-corrected chi connectivity index (χ2v) is 4.94. The number of carboxylic acid groups (broad SMARTS) is 1. The largest absolute Gasteiger partial charge is 0.481 e. The van der Waals surface area contributed by atoms with Gasteiger partial charge >= 0.3 is 5.97 Å². The summed E-state index contributed by atoms with van der Waals surface area (Å²) in [5, 5.41) is 11.9. The van der Waals surface area contributed by atoms with Gasteiger partial charge in [-0.15, -0.1) is 0 Å². The van der Waals surface area contributed by atoms with Gasteiger partial charge in [-0.05, 0) is 32.4 Å². The van der Waals surface area contributed by atoms with E-state index in [0.717, 1.165) is 6.54 Å². The van der Waals surface area contributed by atoms with E-state index in [4.69, 9.17) is 5.11 Å². The van der Waals surface area contributed by atoms with Crippen LogP contribution in [0.25, 0.3) is 0 Å². The van der Waals surface area contributed by atoms with Crippen molar-refractivity contribution in [3.05, 3.63) is 0 Å². The van der Waals surface area contributed by atoms with E-state index in [0.29, 0.717) is 12.6 Å². The Bertz CT molecular complexity index is 221. The van der Waals surface area contributed by atoms with Gasteiger partial charge in [0.25, 0.3) is 0 Å². The summed E-state index contributed by atoms with van der Waals surface area (Å²) in [4.78, 5) is 12.9. The summed E-state index contributed by atoms with van der Waals surface area (Å²) in [7, 11) is 0. The third-order valence-electron chi connectivity index (χ3n) is 3.36. The predicted molar refractivity (Wildman–Crippen MR) is 69.2 cm³/mol. The monoisotopic (exact) mass is 242 g/mol. The number of carboxylic acids is 1. The molecule has 0 spiro atoms. The molecule has 1 atom stereocenters. The number of hydrogen-bond donors (Lipinski definition) is 2. The first kappa shape index (κ1) is 14.5. The molecule has 0 amide bonds. The minimum absolute atomic E-state index is 0.229. The summed E-state index contributed by atoms with van der Waals surface area (Å²) in [6, 6.07) is 0.490. The van der Waals surface area contributed by atoms with Gasteiger partial charge in [0.2, 0.25) is 0 Å². The van der Waals surface area contributed by atoms with E-state index in [-0.39, 0.29) is 6.42 Å². The molecule has 1 fully saturated rings. The highest BCUT2D eigenvalue weighted by Gasteiger charge is 2.18. The van der Waals surface area contributed by atoms with Crippen LogP contribution >= 0.6 is 0 Å². The van der Waals surface area contributed by atoms with Crippen molar-refractivity contribution in [2.45, 2.75) is 51.5 Å². The van der Waals surface area contributed by atoms with Crippen molar-refractivity contribution in [1.82, 2.24) is 10.2 Å². The molecular formula is C13H26N2O2. The van der Waals surface area contributed by atoms with Crippen molar-refractivity contribution < 1.29 is 9.90 Å². The van der Waals surface area contributed by atoms with Crippen LogP contribution in [-0.4, -0.2) is 48.2 Å². The molecule has 1 aliphatic rings. The smallest absolute Gasteiger partial charge is 0.304 e. The molecule has 17 heavy (non-hydrogen) atoms. The fraction of sp³-hybridized carbons (Fsp3) is 0.923. The molecule has 0 saturated carbocycles. The zero-order valence-corrected chi connectivity index (χ0v) is 11.0. The van der Waals surface area contributed by atoms with Gasteiger partial charge in [0.1, 0.15) is 0 Å². The molecule has 1 saturated heterocycles. The first-order valence-corrected chi connectivity index (χ1v) is 6.90. The summed E-state index contributed by atoms with van der Waals surface area (Å²) in [5.41, 5.74) is 0. The number of rotatable bonds is 8. The van der Waals surface area contributed by atoms with Gasteiger partial charge in [-0.1, -0.05) is 19.8 Å². The Labute approximate surface area is 104 Å².